The third kappa shape index (κ3) is 6.19. The molecule has 0 unspecified atom stereocenters. The van der Waals surface area contributed by atoms with E-state index in [2.05, 4.69) is 22.2 Å². The number of aryl methyl sites for hydroxylation is 1. The van der Waals surface area contributed by atoms with Gasteiger partial charge in [0.25, 0.3) is 5.91 Å². The SMILES string of the molecule is CCCOc1ccc(CNC(=O)c2cccc(Oc3ccnc(-c4ccc(C)cc4)n3)c2)cc1. The average Bonchev–Trinajstić information content (AvgIpc) is 2.87. The number of rotatable bonds is 9. The van der Waals surface area contributed by atoms with Gasteiger partial charge in [0, 0.05) is 29.9 Å². The molecular formula is C28H27N3O3. The first-order valence-electron chi connectivity index (χ1n) is 11.3. The fourth-order valence-electron chi connectivity index (χ4n) is 3.27. The highest BCUT2D eigenvalue weighted by molar-refractivity contribution is 5.94. The van der Waals surface area contributed by atoms with Crippen molar-refractivity contribution in [1.29, 1.82) is 0 Å². The third-order valence-corrected chi connectivity index (χ3v) is 5.11. The lowest BCUT2D eigenvalue weighted by Crippen LogP contribution is -2.22. The number of aromatic nitrogens is 2. The largest absolute Gasteiger partial charge is 0.494 e. The summed E-state index contributed by atoms with van der Waals surface area (Å²) in [4.78, 5) is 21.5. The second-order valence-corrected chi connectivity index (χ2v) is 7.89. The number of hydrogen-bond acceptors (Lipinski definition) is 5. The van der Waals surface area contributed by atoms with Crippen LogP contribution >= 0.6 is 0 Å². The summed E-state index contributed by atoms with van der Waals surface area (Å²) in [6.45, 7) is 5.22. The zero-order chi connectivity index (χ0) is 23.8. The summed E-state index contributed by atoms with van der Waals surface area (Å²) >= 11 is 0. The second kappa shape index (κ2) is 11.1. The van der Waals surface area contributed by atoms with Crippen LogP contribution in [-0.4, -0.2) is 22.5 Å². The van der Waals surface area contributed by atoms with Gasteiger partial charge in [-0.2, -0.15) is 4.98 Å². The Bertz CT molecular complexity index is 1240. The van der Waals surface area contributed by atoms with Gasteiger partial charge in [-0.05, 0) is 49.2 Å². The van der Waals surface area contributed by atoms with Gasteiger partial charge in [-0.15, -0.1) is 0 Å². The Hall–Kier alpha value is -4.19. The summed E-state index contributed by atoms with van der Waals surface area (Å²) in [5, 5.41) is 2.94. The van der Waals surface area contributed by atoms with E-state index in [1.807, 2.05) is 55.5 Å². The van der Waals surface area contributed by atoms with E-state index in [-0.39, 0.29) is 5.91 Å². The van der Waals surface area contributed by atoms with Crippen molar-refractivity contribution in [1.82, 2.24) is 15.3 Å². The Morgan fingerprint density at radius 3 is 2.50 bits per heavy atom. The first kappa shape index (κ1) is 23.0. The fraction of sp³-hybridized carbons (Fsp3) is 0.179. The van der Waals surface area contributed by atoms with Crippen molar-refractivity contribution in [2.75, 3.05) is 6.61 Å². The smallest absolute Gasteiger partial charge is 0.251 e. The van der Waals surface area contributed by atoms with Gasteiger partial charge in [0.05, 0.1) is 6.61 Å². The van der Waals surface area contributed by atoms with Crippen LogP contribution in [0.25, 0.3) is 11.4 Å². The molecule has 34 heavy (non-hydrogen) atoms. The van der Waals surface area contributed by atoms with Crippen LogP contribution in [0.3, 0.4) is 0 Å². The minimum Gasteiger partial charge on any atom is -0.494 e. The molecule has 3 aromatic carbocycles. The average molecular weight is 454 g/mol. The van der Waals surface area contributed by atoms with Crippen LogP contribution in [-0.2, 0) is 6.54 Å². The van der Waals surface area contributed by atoms with Crippen molar-refractivity contribution in [3.05, 3.63) is 102 Å². The van der Waals surface area contributed by atoms with E-state index < -0.39 is 0 Å². The number of hydrogen-bond donors (Lipinski definition) is 1. The Morgan fingerprint density at radius 1 is 0.941 bits per heavy atom. The first-order valence-corrected chi connectivity index (χ1v) is 11.3. The van der Waals surface area contributed by atoms with Gasteiger partial charge in [0.2, 0.25) is 5.88 Å². The Kier molecular flexibility index (Phi) is 7.50. The number of amides is 1. The van der Waals surface area contributed by atoms with Crippen molar-refractivity contribution in [2.45, 2.75) is 26.8 Å². The van der Waals surface area contributed by atoms with Gasteiger partial charge in [-0.1, -0.05) is 55.0 Å². The van der Waals surface area contributed by atoms with Crippen molar-refractivity contribution in [2.24, 2.45) is 0 Å². The second-order valence-electron chi connectivity index (χ2n) is 7.89. The topological polar surface area (TPSA) is 73.3 Å². The normalized spacial score (nSPS) is 10.5. The van der Waals surface area contributed by atoms with Crippen LogP contribution < -0.4 is 14.8 Å². The van der Waals surface area contributed by atoms with Crippen molar-refractivity contribution in [3.63, 3.8) is 0 Å². The molecule has 6 nitrogen and oxygen atoms in total. The molecule has 4 rings (SSSR count). The molecule has 1 amide bonds. The third-order valence-electron chi connectivity index (χ3n) is 5.11. The Balaban J connectivity index is 1.38. The highest BCUT2D eigenvalue weighted by Crippen LogP contribution is 2.23. The molecule has 0 aliphatic carbocycles. The summed E-state index contributed by atoms with van der Waals surface area (Å²) in [6, 6.07) is 24.4. The molecule has 0 aliphatic rings. The van der Waals surface area contributed by atoms with Gasteiger partial charge < -0.3 is 14.8 Å². The summed E-state index contributed by atoms with van der Waals surface area (Å²) in [6.07, 6.45) is 2.62. The maximum atomic E-state index is 12.7. The van der Waals surface area contributed by atoms with Gasteiger partial charge >= 0.3 is 0 Å². The maximum Gasteiger partial charge on any atom is 0.251 e. The molecule has 172 valence electrons. The lowest BCUT2D eigenvalue weighted by molar-refractivity contribution is 0.0950. The molecule has 0 saturated carbocycles. The summed E-state index contributed by atoms with van der Waals surface area (Å²) in [7, 11) is 0. The summed E-state index contributed by atoms with van der Waals surface area (Å²) in [5.41, 5.74) is 3.58. The van der Waals surface area contributed by atoms with Gasteiger partial charge in [0.1, 0.15) is 11.5 Å². The zero-order valence-electron chi connectivity index (χ0n) is 19.3. The van der Waals surface area contributed by atoms with Crippen LogP contribution in [0.15, 0.2) is 85.1 Å². The molecule has 0 fully saturated rings. The van der Waals surface area contributed by atoms with Crippen LogP contribution in [0, 0.1) is 6.92 Å². The molecule has 6 heteroatoms. The molecule has 1 heterocycles. The molecule has 1 N–H and O–H groups in total. The highest BCUT2D eigenvalue weighted by atomic mass is 16.5. The van der Waals surface area contributed by atoms with E-state index in [0.717, 1.165) is 23.3 Å². The lowest BCUT2D eigenvalue weighted by Gasteiger charge is -2.10. The van der Waals surface area contributed by atoms with Crippen molar-refractivity contribution < 1.29 is 14.3 Å². The van der Waals surface area contributed by atoms with Crippen LogP contribution in [0.5, 0.6) is 17.4 Å². The molecule has 4 aromatic rings. The standard InChI is InChI=1S/C28H27N3O3/c1-3-17-33-24-13-9-21(10-14-24)19-30-28(32)23-5-4-6-25(18-23)34-26-15-16-29-27(31-26)22-11-7-20(2)8-12-22/h4-16,18H,3,17,19H2,1-2H3,(H,30,32). The predicted octanol–water partition coefficient (Wildman–Crippen LogP) is 5.96. The number of benzene rings is 3. The molecule has 0 radical (unpaired) electrons. The maximum absolute atomic E-state index is 12.7. The van der Waals surface area contributed by atoms with E-state index >= 15 is 0 Å². The van der Waals surface area contributed by atoms with Gasteiger partial charge in [-0.3, -0.25) is 4.79 Å². The van der Waals surface area contributed by atoms with Crippen molar-refractivity contribution in [3.8, 4) is 28.8 Å². The number of ether oxygens (including phenoxy) is 2. The molecular weight excluding hydrogens is 426 g/mol. The zero-order valence-corrected chi connectivity index (χ0v) is 19.3. The monoisotopic (exact) mass is 453 g/mol. The van der Waals surface area contributed by atoms with Gasteiger partial charge in [0.15, 0.2) is 5.82 Å². The predicted molar refractivity (Wildman–Crippen MR) is 132 cm³/mol. The van der Waals surface area contributed by atoms with Crippen LogP contribution in [0.2, 0.25) is 0 Å². The Labute approximate surface area is 199 Å². The molecule has 0 saturated heterocycles. The van der Waals surface area contributed by atoms with Crippen LogP contribution in [0.4, 0.5) is 0 Å². The van der Waals surface area contributed by atoms with Crippen molar-refractivity contribution >= 4 is 5.91 Å². The molecule has 0 spiro atoms. The highest BCUT2D eigenvalue weighted by Gasteiger charge is 2.09. The van der Waals surface area contributed by atoms with Gasteiger partial charge in [-0.25, -0.2) is 4.98 Å². The Morgan fingerprint density at radius 2 is 1.74 bits per heavy atom. The van der Waals surface area contributed by atoms with E-state index in [1.54, 1.807) is 36.5 Å². The molecule has 0 atom stereocenters. The van der Waals surface area contributed by atoms with E-state index in [0.29, 0.717) is 36.2 Å². The first-order chi connectivity index (χ1) is 16.6. The lowest BCUT2D eigenvalue weighted by atomic mass is 10.1. The fourth-order valence-corrected chi connectivity index (χ4v) is 3.27. The summed E-state index contributed by atoms with van der Waals surface area (Å²) < 4.78 is 11.5. The minimum absolute atomic E-state index is 0.181. The molecule has 0 bridgehead atoms. The number of nitrogens with zero attached hydrogens (tertiary/aromatic N) is 2. The number of carbonyl (C=O) groups is 1. The summed E-state index contributed by atoms with van der Waals surface area (Å²) in [5.74, 6) is 2.17. The molecule has 1 aromatic heterocycles. The minimum atomic E-state index is -0.181. The van der Waals surface area contributed by atoms with E-state index in [4.69, 9.17) is 9.47 Å². The quantitative estimate of drug-likeness (QED) is 0.338. The number of nitrogens with one attached hydrogen (secondary N) is 1. The van der Waals surface area contributed by atoms with E-state index in [9.17, 15) is 4.79 Å². The number of carbonyl (C=O) groups excluding carboxylic acids is 1. The molecule has 0 aliphatic heterocycles. The van der Waals surface area contributed by atoms with E-state index in [1.165, 1.54) is 5.56 Å². The van der Waals surface area contributed by atoms with Crippen LogP contribution in [0.1, 0.15) is 34.8 Å².